The summed E-state index contributed by atoms with van der Waals surface area (Å²) in [5, 5.41) is 11.5. The fourth-order valence-corrected chi connectivity index (χ4v) is 2.71. The first-order valence-corrected chi connectivity index (χ1v) is 9.83. The van der Waals surface area contributed by atoms with Crippen LogP contribution >= 0.6 is 0 Å². The van der Waals surface area contributed by atoms with E-state index in [1.54, 1.807) is 0 Å². The molecule has 0 saturated carbocycles. The highest BCUT2D eigenvalue weighted by Gasteiger charge is 2.10. The molecule has 1 amide bonds. The van der Waals surface area contributed by atoms with Crippen LogP contribution in [0.25, 0.3) is 0 Å². The Morgan fingerprint density at radius 3 is 1.88 bits per heavy atom. The van der Waals surface area contributed by atoms with Crippen molar-refractivity contribution in [2.24, 2.45) is 5.73 Å². The molecule has 0 aromatic carbocycles. The maximum Gasteiger partial charge on any atom is 0.320 e. The van der Waals surface area contributed by atoms with Gasteiger partial charge in [-0.15, -0.1) is 0 Å². The summed E-state index contributed by atoms with van der Waals surface area (Å²) in [6.45, 7) is 2.76. The van der Waals surface area contributed by atoms with Gasteiger partial charge in [0.25, 0.3) is 0 Å². The SMILES string of the molecule is CCCCCCCCCCCCCC(=O)NCCC[C@H](N)C(=O)O. The van der Waals surface area contributed by atoms with Gasteiger partial charge in [0, 0.05) is 13.0 Å². The average molecular weight is 343 g/mol. The van der Waals surface area contributed by atoms with E-state index in [2.05, 4.69) is 12.2 Å². The third kappa shape index (κ3) is 15.8. The van der Waals surface area contributed by atoms with Gasteiger partial charge >= 0.3 is 5.97 Å². The van der Waals surface area contributed by atoms with Gasteiger partial charge in [-0.05, 0) is 19.3 Å². The summed E-state index contributed by atoms with van der Waals surface area (Å²) < 4.78 is 0. The van der Waals surface area contributed by atoms with Crippen molar-refractivity contribution in [2.75, 3.05) is 6.54 Å². The molecule has 0 fully saturated rings. The Bertz CT molecular complexity index is 322. The molecule has 0 aliphatic rings. The average Bonchev–Trinajstić information content (AvgIpc) is 2.56. The Kier molecular flexibility index (Phi) is 16.0. The molecule has 0 spiro atoms. The minimum absolute atomic E-state index is 0.0646. The molecule has 0 aliphatic carbocycles. The van der Waals surface area contributed by atoms with E-state index in [4.69, 9.17) is 10.8 Å². The van der Waals surface area contributed by atoms with Crippen molar-refractivity contribution in [1.82, 2.24) is 5.32 Å². The van der Waals surface area contributed by atoms with Crippen LogP contribution in [-0.4, -0.2) is 29.6 Å². The molecule has 5 heteroatoms. The van der Waals surface area contributed by atoms with Gasteiger partial charge in [-0.25, -0.2) is 0 Å². The molecule has 0 saturated heterocycles. The Morgan fingerprint density at radius 1 is 0.875 bits per heavy atom. The lowest BCUT2D eigenvalue weighted by Crippen LogP contribution is -2.32. The summed E-state index contributed by atoms with van der Waals surface area (Å²) in [4.78, 5) is 22.2. The number of unbranched alkanes of at least 4 members (excludes halogenated alkanes) is 10. The zero-order valence-electron chi connectivity index (χ0n) is 15.5. The van der Waals surface area contributed by atoms with Crippen molar-refractivity contribution in [3.05, 3.63) is 0 Å². The van der Waals surface area contributed by atoms with Gasteiger partial charge in [-0.2, -0.15) is 0 Å². The van der Waals surface area contributed by atoms with Gasteiger partial charge in [0.15, 0.2) is 0 Å². The minimum atomic E-state index is -0.984. The molecule has 0 unspecified atom stereocenters. The second kappa shape index (κ2) is 16.7. The van der Waals surface area contributed by atoms with Crippen molar-refractivity contribution in [3.63, 3.8) is 0 Å². The second-order valence-electron chi connectivity index (χ2n) is 6.72. The first-order valence-electron chi connectivity index (χ1n) is 9.83. The molecule has 0 aromatic rings. The zero-order chi connectivity index (χ0) is 18.0. The van der Waals surface area contributed by atoms with Gasteiger partial charge < -0.3 is 16.2 Å². The first kappa shape index (κ1) is 22.9. The van der Waals surface area contributed by atoms with Crippen LogP contribution in [0.5, 0.6) is 0 Å². The molecular formula is C19H38N2O3. The number of aliphatic carboxylic acids is 1. The molecule has 24 heavy (non-hydrogen) atoms. The van der Waals surface area contributed by atoms with Crippen LogP contribution in [0.2, 0.25) is 0 Å². The number of hydrogen-bond donors (Lipinski definition) is 3. The van der Waals surface area contributed by atoms with Crippen molar-refractivity contribution in [3.8, 4) is 0 Å². The largest absolute Gasteiger partial charge is 0.480 e. The number of amides is 1. The highest BCUT2D eigenvalue weighted by molar-refractivity contribution is 5.75. The molecule has 0 bridgehead atoms. The molecule has 0 rings (SSSR count). The Hall–Kier alpha value is -1.10. The number of carbonyl (C=O) groups excluding carboxylic acids is 1. The van der Waals surface area contributed by atoms with Crippen LogP contribution in [0.3, 0.4) is 0 Å². The highest BCUT2D eigenvalue weighted by atomic mass is 16.4. The summed E-state index contributed by atoms with van der Waals surface area (Å²) in [7, 11) is 0. The molecule has 1 atom stereocenters. The van der Waals surface area contributed by atoms with E-state index in [9.17, 15) is 9.59 Å². The van der Waals surface area contributed by atoms with Gasteiger partial charge in [-0.3, -0.25) is 9.59 Å². The van der Waals surface area contributed by atoms with E-state index < -0.39 is 12.0 Å². The topological polar surface area (TPSA) is 92.4 Å². The lowest BCUT2D eigenvalue weighted by atomic mass is 10.1. The number of nitrogens with two attached hydrogens (primary N) is 1. The molecule has 142 valence electrons. The van der Waals surface area contributed by atoms with E-state index in [1.165, 1.54) is 57.8 Å². The summed E-state index contributed by atoms with van der Waals surface area (Å²) in [5.41, 5.74) is 5.40. The molecule has 0 radical (unpaired) electrons. The van der Waals surface area contributed by atoms with Crippen LogP contribution < -0.4 is 11.1 Å². The summed E-state index contributed by atoms with van der Waals surface area (Å²) >= 11 is 0. The van der Waals surface area contributed by atoms with Crippen LogP contribution in [0, 0.1) is 0 Å². The van der Waals surface area contributed by atoms with E-state index in [-0.39, 0.29) is 5.91 Å². The normalized spacial score (nSPS) is 12.1. The minimum Gasteiger partial charge on any atom is -0.480 e. The molecular weight excluding hydrogens is 304 g/mol. The third-order valence-electron chi connectivity index (χ3n) is 4.34. The van der Waals surface area contributed by atoms with Gasteiger partial charge in [0.2, 0.25) is 5.91 Å². The Morgan fingerprint density at radius 2 is 1.38 bits per heavy atom. The summed E-state index contributed by atoms with van der Waals surface area (Å²) in [5.74, 6) is -0.919. The third-order valence-corrected chi connectivity index (χ3v) is 4.34. The fraction of sp³-hybridized carbons (Fsp3) is 0.895. The van der Waals surface area contributed by atoms with Crippen molar-refractivity contribution < 1.29 is 14.7 Å². The standard InChI is InChI=1S/C19H38N2O3/c1-2-3-4-5-6-7-8-9-10-11-12-15-18(22)21-16-13-14-17(20)19(23)24/h17H,2-16,20H2,1H3,(H,21,22)(H,23,24)/t17-/m0/s1. The first-order chi connectivity index (χ1) is 11.6. The van der Waals surface area contributed by atoms with Gasteiger partial charge in [0.05, 0.1) is 0 Å². The van der Waals surface area contributed by atoms with Crippen molar-refractivity contribution >= 4 is 11.9 Å². The number of hydrogen-bond acceptors (Lipinski definition) is 3. The van der Waals surface area contributed by atoms with E-state index in [1.807, 2.05) is 0 Å². The van der Waals surface area contributed by atoms with Crippen LogP contribution in [0.1, 0.15) is 96.8 Å². The van der Waals surface area contributed by atoms with Gasteiger partial charge in [0.1, 0.15) is 6.04 Å². The zero-order valence-corrected chi connectivity index (χ0v) is 15.5. The number of carboxylic acid groups (broad SMARTS) is 1. The number of carbonyl (C=O) groups is 2. The molecule has 0 aliphatic heterocycles. The van der Waals surface area contributed by atoms with Crippen LogP contribution in [-0.2, 0) is 9.59 Å². The molecule has 5 nitrogen and oxygen atoms in total. The Labute approximate surface area is 147 Å². The summed E-state index contributed by atoms with van der Waals surface area (Å²) in [6.07, 6.45) is 15.6. The number of carboxylic acids is 1. The summed E-state index contributed by atoms with van der Waals surface area (Å²) in [6, 6.07) is -0.825. The second-order valence-corrected chi connectivity index (χ2v) is 6.72. The van der Waals surface area contributed by atoms with Crippen LogP contribution in [0.15, 0.2) is 0 Å². The number of nitrogens with one attached hydrogen (secondary N) is 1. The maximum absolute atomic E-state index is 11.6. The van der Waals surface area contributed by atoms with Crippen molar-refractivity contribution in [2.45, 2.75) is 103 Å². The monoisotopic (exact) mass is 342 g/mol. The lowest BCUT2D eigenvalue weighted by Gasteiger charge is -2.07. The van der Waals surface area contributed by atoms with Crippen molar-refractivity contribution in [1.29, 1.82) is 0 Å². The predicted octanol–water partition coefficient (Wildman–Crippen LogP) is 4.00. The number of rotatable bonds is 17. The fourth-order valence-electron chi connectivity index (χ4n) is 2.71. The van der Waals surface area contributed by atoms with Crippen LogP contribution in [0.4, 0.5) is 0 Å². The maximum atomic E-state index is 11.6. The van der Waals surface area contributed by atoms with E-state index in [0.717, 1.165) is 12.8 Å². The molecule has 0 aromatic heterocycles. The predicted molar refractivity (Wildman–Crippen MR) is 98.9 cm³/mol. The lowest BCUT2D eigenvalue weighted by molar-refractivity contribution is -0.138. The molecule has 0 heterocycles. The van der Waals surface area contributed by atoms with Gasteiger partial charge in [-0.1, -0.05) is 71.1 Å². The Balaban J connectivity index is 3.25. The van der Waals surface area contributed by atoms with E-state index in [0.29, 0.717) is 25.8 Å². The molecule has 4 N–H and O–H groups in total. The quantitative estimate of drug-likeness (QED) is 0.348. The van der Waals surface area contributed by atoms with E-state index >= 15 is 0 Å². The smallest absolute Gasteiger partial charge is 0.320 e. The highest BCUT2D eigenvalue weighted by Crippen LogP contribution is 2.11.